The van der Waals surface area contributed by atoms with Crippen LogP contribution < -0.4 is 10.5 Å². The van der Waals surface area contributed by atoms with Gasteiger partial charge in [-0.05, 0) is 29.5 Å². The highest BCUT2D eigenvalue weighted by atomic mass is 32.2. The molecule has 0 bridgehead atoms. The molecule has 0 spiro atoms. The third kappa shape index (κ3) is 5.41. The number of rotatable bonds is 7. The van der Waals surface area contributed by atoms with Crippen molar-refractivity contribution in [1.82, 2.24) is 4.72 Å². The van der Waals surface area contributed by atoms with Crippen molar-refractivity contribution in [3.05, 3.63) is 29.8 Å². The Morgan fingerprint density at radius 1 is 1.19 bits per heavy atom. The van der Waals surface area contributed by atoms with Crippen molar-refractivity contribution in [2.24, 2.45) is 5.73 Å². The van der Waals surface area contributed by atoms with Crippen molar-refractivity contribution in [3.8, 4) is 0 Å². The van der Waals surface area contributed by atoms with E-state index in [1.165, 1.54) is 0 Å². The van der Waals surface area contributed by atoms with Gasteiger partial charge in [0.05, 0.1) is 4.90 Å². The Morgan fingerprint density at radius 3 is 2.19 bits per heavy atom. The Balaban J connectivity index is 2.87. The molecule has 0 radical (unpaired) electrons. The Kier molecular flexibility index (Phi) is 6.38. The molecule has 1 atom stereocenters. The van der Waals surface area contributed by atoms with Crippen molar-refractivity contribution in [2.75, 3.05) is 6.54 Å². The van der Waals surface area contributed by atoms with Crippen LogP contribution >= 0.6 is 0 Å². The molecular weight excluding hydrogens is 284 g/mol. The fraction of sp³-hybridized carbons (Fsp3) is 0.625. The molecule has 0 saturated heterocycles. The molecule has 0 aliphatic rings. The number of unbranched alkanes of at least 4 members (excludes halogenated alkanes) is 1. The minimum absolute atomic E-state index is 0.0106. The molecule has 1 unspecified atom stereocenters. The van der Waals surface area contributed by atoms with E-state index in [-0.39, 0.29) is 11.5 Å². The second-order valence-corrected chi connectivity index (χ2v) is 8.18. The summed E-state index contributed by atoms with van der Waals surface area (Å²) in [5.41, 5.74) is 6.78. The largest absolute Gasteiger partial charge is 0.329 e. The molecule has 120 valence electrons. The predicted octanol–water partition coefficient (Wildman–Crippen LogP) is 2.78. The zero-order valence-electron chi connectivity index (χ0n) is 13.5. The van der Waals surface area contributed by atoms with E-state index in [1.807, 2.05) is 12.1 Å². The minimum atomic E-state index is -3.49. The Hall–Kier alpha value is -0.910. The maximum absolute atomic E-state index is 12.4. The van der Waals surface area contributed by atoms with Gasteiger partial charge in [-0.3, -0.25) is 0 Å². The van der Waals surface area contributed by atoms with Crippen LogP contribution in [0.1, 0.15) is 52.5 Å². The fourth-order valence-corrected chi connectivity index (χ4v) is 3.38. The van der Waals surface area contributed by atoms with E-state index < -0.39 is 10.0 Å². The molecule has 0 heterocycles. The number of sulfonamides is 1. The quantitative estimate of drug-likeness (QED) is 0.813. The summed E-state index contributed by atoms with van der Waals surface area (Å²) in [5, 5.41) is 0. The van der Waals surface area contributed by atoms with Gasteiger partial charge >= 0.3 is 0 Å². The van der Waals surface area contributed by atoms with Crippen LogP contribution in [0, 0.1) is 0 Å². The number of hydrogen-bond acceptors (Lipinski definition) is 3. The van der Waals surface area contributed by atoms with Gasteiger partial charge in [0.25, 0.3) is 0 Å². The molecule has 1 rings (SSSR count). The maximum atomic E-state index is 12.4. The first-order valence-electron chi connectivity index (χ1n) is 7.53. The molecule has 5 heteroatoms. The van der Waals surface area contributed by atoms with E-state index in [9.17, 15) is 8.42 Å². The van der Waals surface area contributed by atoms with E-state index in [4.69, 9.17) is 5.73 Å². The molecular formula is C16H28N2O2S. The highest BCUT2D eigenvalue weighted by molar-refractivity contribution is 7.89. The van der Waals surface area contributed by atoms with Gasteiger partial charge in [-0.15, -0.1) is 0 Å². The van der Waals surface area contributed by atoms with Crippen LogP contribution in [0.2, 0.25) is 0 Å². The van der Waals surface area contributed by atoms with Crippen LogP contribution in [0.25, 0.3) is 0 Å². The second kappa shape index (κ2) is 7.38. The third-order valence-electron chi connectivity index (χ3n) is 3.54. The summed E-state index contributed by atoms with van der Waals surface area (Å²) in [5.74, 6) is 0. The monoisotopic (exact) mass is 312 g/mol. The van der Waals surface area contributed by atoms with Gasteiger partial charge in [-0.2, -0.15) is 0 Å². The normalized spacial score (nSPS) is 14.1. The standard InChI is InChI=1S/C16H28N2O2S/c1-5-6-7-14(12-17)18-21(19,20)15-10-8-13(9-11-15)16(2,3)4/h8-11,14,18H,5-7,12,17H2,1-4H3. The predicted molar refractivity (Wildman–Crippen MR) is 87.8 cm³/mol. The summed E-state index contributed by atoms with van der Waals surface area (Å²) < 4.78 is 27.4. The van der Waals surface area contributed by atoms with Crippen LogP contribution in [0.4, 0.5) is 0 Å². The van der Waals surface area contributed by atoms with E-state index in [2.05, 4.69) is 32.4 Å². The molecule has 0 aromatic heterocycles. The summed E-state index contributed by atoms with van der Waals surface area (Å²) in [7, 11) is -3.49. The lowest BCUT2D eigenvalue weighted by Gasteiger charge is -2.20. The smallest absolute Gasteiger partial charge is 0.240 e. The lowest BCUT2D eigenvalue weighted by molar-refractivity contribution is 0.516. The van der Waals surface area contributed by atoms with Gasteiger partial charge in [0, 0.05) is 12.6 Å². The van der Waals surface area contributed by atoms with Gasteiger partial charge < -0.3 is 5.73 Å². The van der Waals surface area contributed by atoms with Crippen molar-refractivity contribution < 1.29 is 8.42 Å². The third-order valence-corrected chi connectivity index (χ3v) is 5.08. The number of nitrogens with two attached hydrogens (primary N) is 1. The first-order valence-corrected chi connectivity index (χ1v) is 9.02. The maximum Gasteiger partial charge on any atom is 0.240 e. The van der Waals surface area contributed by atoms with Crippen molar-refractivity contribution in [1.29, 1.82) is 0 Å². The topological polar surface area (TPSA) is 72.2 Å². The second-order valence-electron chi connectivity index (χ2n) is 6.47. The van der Waals surface area contributed by atoms with Crippen LogP contribution in [0.15, 0.2) is 29.2 Å². The highest BCUT2D eigenvalue weighted by Gasteiger charge is 2.20. The number of hydrogen-bond donors (Lipinski definition) is 2. The Morgan fingerprint density at radius 2 is 1.76 bits per heavy atom. The van der Waals surface area contributed by atoms with Gasteiger partial charge in [0.1, 0.15) is 0 Å². The van der Waals surface area contributed by atoms with Crippen LogP contribution in [-0.2, 0) is 15.4 Å². The molecule has 4 nitrogen and oxygen atoms in total. The van der Waals surface area contributed by atoms with Gasteiger partial charge in [-0.25, -0.2) is 13.1 Å². The van der Waals surface area contributed by atoms with Crippen LogP contribution in [0.5, 0.6) is 0 Å². The zero-order valence-corrected chi connectivity index (χ0v) is 14.3. The molecule has 1 aromatic carbocycles. The number of nitrogens with one attached hydrogen (secondary N) is 1. The van der Waals surface area contributed by atoms with Gasteiger partial charge in [-0.1, -0.05) is 52.7 Å². The minimum Gasteiger partial charge on any atom is -0.329 e. The van der Waals surface area contributed by atoms with E-state index in [0.29, 0.717) is 11.4 Å². The summed E-state index contributed by atoms with van der Waals surface area (Å²) in [6.45, 7) is 8.70. The molecule has 0 fully saturated rings. The summed E-state index contributed by atoms with van der Waals surface area (Å²) in [6, 6.07) is 6.88. The Bertz CT molecular complexity index is 530. The van der Waals surface area contributed by atoms with Crippen LogP contribution in [-0.4, -0.2) is 21.0 Å². The summed E-state index contributed by atoms with van der Waals surface area (Å²) in [4.78, 5) is 0.297. The fourth-order valence-electron chi connectivity index (χ4n) is 2.10. The summed E-state index contributed by atoms with van der Waals surface area (Å²) in [6.07, 6.45) is 2.76. The van der Waals surface area contributed by atoms with Crippen LogP contribution in [0.3, 0.4) is 0 Å². The molecule has 0 saturated carbocycles. The lowest BCUT2D eigenvalue weighted by atomic mass is 9.87. The first-order chi connectivity index (χ1) is 9.70. The molecule has 0 amide bonds. The summed E-state index contributed by atoms with van der Waals surface area (Å²) >= 11 is 0. The van der Waals surface area contributed by atoms with Gasteiger partial charge in [0.15, 0.2) is 0 Å². The van der Waals surface area contributed by atoms with Crippen molar-refractivity contribution >= 4 is 10.0 Å². The van der Waals surface area contributed by atoms with Crippen molar-refractivity contribution in [2.45, 2.75) is 63.3 Å². The lowest BCUT2D eigenvalue weighted by Crippen LogP contribution is -2.40. The number of benzene rings is 1. The Labute approximate surface area is 129 Å². The zero-order chi connectivity index (χ0) is 16.1. The molecule has 21 heavy (non-hydrogen) atoms. The van der Waals surface area contributed by atoms with E-state index in [0.717, 1.165) is 24.8 Å². The molecule has 1 aromatic rings. The highest BCUT2D eigenvalue weighted by Crippen LogP contribution is 2.23. The van der Waals surface area contributed by atoms with Crippen molar-refractivity contribution in [3.63, 3.8) is 0 Å². The average Bonchev–Trinajstić information content (AvgIpc) is 2.42. The molecule has 0 aliphatic carbocycles. The molecule has 3 N–H and O–H groups in total. The van der Waals surface area contributed by atoms with Gasteiger partial charge in [0.2, 0.25) is 10.0 Å². The van der Waals surface area contributed by atoms with E-state index >= 15 is 0 Å². The average molecular weight is 312 g/mol. The SMILES string of the molecule is CCCCC(CN)NS(=O)(=O)c1ccc(C(C)(C)C)cc1. The first kappa shape index (κ1) is 18.1. The van der Waals surface area contributed by atoms with E-state index in [1.54, 1.807) is 12.1 Å². The molecule has 0 aliphatic heterocycles.